The highest BCUT2D eigenvalue weighted by Crippen LogP contribution is 2.21. The zero-order chi connectivity index (χ0) is 14.7. The molecule has 1 heterocycles. The van der Waals surface area contributed by atoms with Gasteiger partial charge in [-0.2, -0.15) is 5.26 Å². The van der Waals surface area contributed by atoms with Crippen molar-refractivity contribution in [3.05, 3.63) is 58.9 Å². The van der Waals surface area contributed by atoms with E-state index in [2.05, 4.69) is 4.98 Å². The van der Waals surface area contributed by atoms with Crippen LogP contribution in [0.2, 0.25) is 0 Å². The largest absolute Gasteiger partial charge is 0.311 e. The Bertz CT molecular complexity index is 701. The van der Waals surface area contributed by atoms with Crippen LogP contribution in [0.4, 0.5) is 5.69 Å². The van der Waals surface area contributed by atoms with E-state index in [1.54, 1.807) is 18.0 Å². The average Bonchev–Trinajstić information content (AvgIpc) is 2.46. The summed E-state index contributed by atoms with van der Waals surface area (Å²) in [6.45, 7) is 3.98. The normalized spacial score (nSPS) is 9.90. The van der Waals surface area contributed by atoms with Crippen molar-refractivity contribution >= 4 is 11.6 Å². The Morgan fingerprint density at radius 2 is 2.00 bits per heavy atom. The molecule has 0 N–H and O–H groups in total. The Kier molecular flexibility index (Phi) is 3.81. The minimum absolute atomic E-state index is 0.179. The fourth-order valence-electron chi connectivity index (χ4n) is 2.10. The zero-order valence-electron chi connectivity index (χ0n) is 11.7. The molecule has 0 aliphatic carbocycles. The molecule has 1 aromatic carbocycles. The zero-order valence-corrected chi connectivity index (χ0v) is 11.7. The molecule has 2 rings (SSSR count). The van der Waals surface area contributed by atoms with Gasteiger partial charge in [0.15, 0.2) is 0 Å². The van der Waals surface area contributed by atoms with Crippen LogP contribution in [-0.4, -0.2) is 17.9 Å². The van der Waals surface area contributed by atoms with Crippen molar-refractivity contribution in [2.24, 2.45) is 0 Å². The lowest BCUT2D eigenvalue weighted by Gasteiger charge is -2.20. The summed E-state index contributed by atoms with van der Waals surface area (Å²) in [7, 11) is 1.72. The SMILES string of the molecule is Cc1ccc(N(C)C(=O)c2cncc(C#N)c2)c(C)c1. The first-order valence-corrected chi connectivity index (χ1v) is 6.23. The van der Waals surface area contributed by atoms with Crippen LogP contribution < -0.4 is 4.90 Å². The molecule has 0 aliphatic rings. The van der Waals surface area contributed by atoms with Crippen molar-refractivity contribution in [1.82, 2.24) is 4.98 Å². The first kappa shape index (κ1) is 13.8. The number of carbonyl (C=O) groups excluding carboxylic acids is 1. The lowest BCUT2D eigenvalue weighted by Crippen LogP contribution is -2.27. The van der Waals surface area contributed by atoms with Gasteiger partial charge in [-0.3, -0.25) is 9.78 Å². The van der Waals surface area contributed by atoms with E-state index in [0.717, 1.165) is 16.8 Å². The van der Waals surface area contributed by atoms with Crippen LogP contribution in [-0.2, 0) is 0 Å². The monoisotopic (exact) mass is 265 g/mol. The quantitative estimate of drug-likeness (QED) is 0.839. The van der Waals surface area contributed by atoms with Crippen molar-refractivity contribution < 1.29 is 4.79 Å². The first-order valence-electron chi connectivity index (χ1n) is 6.23. The van der Waals surface area contributed by atoms with E-state index >= 15 is 0 Å². The number of nitriles is 1. The van der Waals surface area contributed by atoms with Crippen molar-refractivity contribution in [2.75, 3.05) is 11.9 Å². The van der Waals surface area contributed by atoms with E-state index in [-0.39, 0.29) is 5.91 Å². The molecule has 0 aliphatic heterocycles. The number of aryl methyl sites for hydroxylation is 2. The summed E-state index contributed by atoms with van der Waals surface area (Å²) in [5.41, 5.74) is 3.82. The maximum atomic E-state index is 12.4. The molecule has 1 amide bonds. The van der Waals surface area contributed by atoms with Crippen LogP contribution in [0, 0.1) is 25.2 Å². The molecular weight excluding hydrogens is 250 g/mol. The van der Waals surface area contributed by atoms with E-state index in [1.165, 1.54) is 12.4 Å². The van der Waals surface area contributed by atoms with Gasteiger partial charge in [0.1, 0.15) is 6.07 Å². The maximum absolute atomic E-state index is 12.4. The smallest absolute Gasteiger partial charge is 0.259 e. The summed E-state index contributed by atoms with van der Waals surface area (Å²) >= 11 is 0. The van der Waals surface area contributed by atoms with E-state index in [0.29, 0.717) is 11.1 Å². The summed E-state index contributed by atoms with van der Waals surface area (Å²) < 4.78 is 0. The highest BCUT2D eigenvalue weighted by atomic mass is 16.2. The Labute approximate surface area is 118 Å². The Morgan fingerprint density at radius 3 is 2.65 bits per heavy atom. The summed E-state index contributed by atoms with van der Waals surface area (Å²) in [4.78, 5) is 17.9. The molecule has 0 atom stereocenters. The number of rotatable bonds is 2. The summed E-state index contributed by atoms with van der Waals surface area (Å²) in [5, 5.41) is 8.86. The Balaban J connectivity index is 2.35. The van der Waals surface area contributed by atoms with Crippen LogP contribution in [0.15, 0.2) is 36.7 Å². The lowest BCUT2D eigenvalue weighted by atomic mass is 10.1. The molecule has 0 unspecified atom stereocenters. The topological polar surface area (TPSA) is 57.0 Å². The van der Waals surface area contributed by atoms with Gasteiger partial charge >= 0.3 is 0 Å². The van der Waals surface area contributed by atoms with Crippen molar-refractivity contribution in [3.63, 3.8) is 0 Å². The Morgan fingerprint density at radius 1 is 1.25 bits per heavy atom. The second kappa shape index (κ2) is 5.54. The molecule has 4 heteroatoms. The third kappa shape index (κ3) is 2.67. The number of aromatic nitrogens is 1. The average molecular weight is 265 g/mol. The standard InChI is InChI=1S/C16H15N3O/c1-11-4-5-15(12(2)6-11)19(3)16(20)14-7-13(8-17)9-18-10-14/h4-7,9-10H,1-3H3. The second-order valence-electron chi connectivity index (χ2n) is 4.73. The van der Waals surface area contributed by atoms with Crippen LogP contribution in [0.5, 0.6) is 0 Å². The van der Waals surface area contributed by atoms with Gasteiger partial charge in [0.2, 0.25) is 0 Å². The Hall–Kier alpha value is -2.67. The molecule has 0 spiro atoms. The number of hydrogen-bond acceptors (Lipinski definition) is 3. The van der Waals surface area contributed by atoms with E-state index < -0.39 is 0 Å². The third-order valence-electron chi connectivity index (χ3n) is 3.13. The van der Waals surface area contributed by atoms with Gasteiger partial charge in [0, 0.05) is 25.1 Å². The van der Waals surface area contributed by atoms with Crippen molar-refractivity contribution in [1.29, 1.82) is 5.26 Å². The molecule has 1 aromatic heterocycles. The number of amides is 1. The highest BCUT2D eigenvalue weighted by molar-refractivity contribution is 6.06. The van der Waals surface area contributed by atoms with Gasteiger partial charge in [-0.1, -0.05) is 17.7 Å². The van der Waals surface area contributed by atoms with E-state index in [9.17, 15) is 4.79 Å². The predicted molar refractivity (Wildman–Crippen MR) is 77.6 cm³/mol. The fourth-order valence-corrected chi connectivity index (χ4v) is 2.10. The molecular formula is C16H15N3O. The van der Waals surface area contributed by atoms with Crippen molar-refractivity contribution in [3.8, 4) is 6.07 Å². The number of nitrogens with zero attached hydrogens (tertiary/aromatic N) is 3. The van der Waals surface area contributed by atoms with Crippen LogP contribution >= 0.6 is 0 Å². The van der Waals surface area contributed by atoms with Crippen molar-refractivity contribution in [2.45, 2.75) is 13.8 Å². The molecule has 100 valence electrons. The molecule has 2 aromatic rings. The van der Waals surface area contributed by atoms with Gasteiger partial charge in [-0.25, -0.2) is 0 Å². The van der Waals surface area contributed by atoms with Gasteiger partial charge in [0.05, 0.1) is 11.1 Å². The van der Waals surface area contributed by atoms with Crippen LogP contribution in [0.25, 0.3) is 0 Å². The maximum Gasteiger partial charge on any atom is 0.259 e. The summed E-state index contributed by atoms with van der Waals surface area (Å²) in [5.74, 6) is -0.179. The lowest BCUT2D eigenvalue weighted by molar-refractivity contribution is 0.0992. The second-order valence-corrected chi connectivity index (χ2v) is 4.73. The van der Waals surface area contributed by atoms with Gasteiger partial charge < -0.3 is 4.90 Å². The minimum atomic E-state index is -0.179. The van der Waals surface area contributed by atoms with E-state index in [1.807, 2.05) is 38.1 Å². The number of hydrogen-bond donors (Lipinski definition) is 0. The van der Waals surface area contributed by atoms with Gasteiger partial charge in [0.25, 0.3) is 5.91 Å². The molecule has 4 nitrogen and oxygen atoms in total. The third-order valence-corrected chi connectivity index (χ3v) is 3.13. The fraction of sp³-hybridized carbons (Fsp3) is 0.188. The van der Waals surface area contributed by atoms with Crippen LogP contribution in [0.3, 0.4) is 0 Å². The molecule has 0 saturated carbocycles. The molecule has 0 fully saturated rings. The summed E-state index contributed by atoms with van der Waals surface area (Å²) in [6, 6.07) is 9.46. The molecule has 20 heavy (non-hydrogen) atoms. The summed E-state index contributed by atoms with van der Waals surface area (Å²) in [6.07, 6.45) is 2.91. The van der Waals surface area contributed by atoms with Crippen LogP contribution in [0.1, 0.15) is 27.0 Å². The predicted octanol–water partition coefficient (Wildman–Crippen LogP) is 2.85. The minimum Gasteiger partial charge on any atom is -0.311 e. The van der Waals surface area contributed by atoms with Gasteiger partial charge in [-0.05, 0) is 31.5 Å². The molecule has 0 saturated heterocycles. The highest BCUT2D eigenvalue weighted by Gasteiger charge is 2.16. The molecule has 0 bridgehead atoms. The van der Waals surface area contributed by atoms with Gasteiger partial charge in [-0.15, -0.1) is 0 Å². The molecule has 0 radical (unpaired) electrons. The number of anilines is 1. The number of pyridine rings is 1. The number of carbonyl (C=O) groups is 1. The van der Waals surface area contributed by atoms with E-state index in [4.69, 9.17) is 5.26 Å². The first-order chi connectivity index (χ1) is 9.52. The number of benzene rings is 1.